The van der Waals surface area contributed by atoms with Crippen LogP contribution in [0.25, 0.3) is 0 Å². The molecule has 0 radical (unpaired) electrons. The molecule has 2 saturated heterocycles. The second-order valence-electron chi connectivity index (χ2n) is 4.56. The van der Waals surface area contributed by atoms with Gasteiger partial charge in [-0.05, 0) is 32.2 Å². The average molecular weight is 211 g/mol. The number of hydrogen-bond acceptors (Lipinski definition) is 3. The van der Waals surface area contributed by atoms with Gasteiger partial charge in [0.1, 0.15) is 0 Å². The maximum Gasteiger partial charge on any atom is 0.234 e. The van der Waals surface area contributed by atoms with Crippen molar-refractivity contribution in [1.82, 2.24) is 15.5 Å². The second kappa shape index (κ2) is 5.47. The number of hydrogen-bond donors (Lipinski definition) is 2. The van der Waals surface area contributed by atoms with Crippen molar-refractivity contribution in [3.63, 3.8) is 0 Å². The Bertz CT molecular complexity index is 214. The molecule has 0 bridgehead atoms. The minimum Gasteiger partial charge on any atom is -0.355 e. The molecule has 4 nitrogen and oxygen atoms in total. The predicted octanol–water partition coefficient (Wildman–Crippen LogP) is -0.0496. The van der Waals surface area contributed by atoms with Crippen LogP contribution < -0.4 is 10.6 Å². The lowest BCUT2D eigenvalue weighted by Crippen LogP contribution is -2.36. The molecule has 2 aliphatic rings. The zero-order chi connectivity index (χ0) is 10.5. The van der Waals surface area contributed by atoms with E-state index in [9.17, 15) is 4.79 Å². The fraction of sp³-hybridized carbons (Fsp3) is 0.909. The lowest BCUT2D eigenvalue weighted by Gasteiger charge is -2.20. The molecule has 2 heterocycles. The van der Waals surface area contributed by atoms with Crippen LogP contribution in [0.2, 0.25) is 0 Å². The van der Waals surface area contributed by atoms with Crippen LogP contribution in [0.3, 0.4) is 0 Å². The van der Waals surface area contributed by atoms with Crippen molar-refractivity contribution in [3.05, 3.63) is 0 Å². The number of nitrogens with zero attached hydrogens (tertiary/aromatic N) is 1. The smallest absolute Gasteiger partial charge is 0.234 e. The molecule has 0 aromatic rings. The molecule has 1 amide bonds. The minimum atomic E-state index is 0.187. The number of amides is 1. The van der Waals surface area contributed by atoms with Gasteiger partial charge in [0, 0.05) is 25.7 Å². The van der Waals surface area contributed by atoms with Crippen molar-refractivity contribution < 1.29 is 4.79 Å². The summed E-state index contributed by atoms with van der Waals surface area (Å²) >= 11 is 0. The van der Waals surface area contributed by atoms with E-state index < -0.39 is 0 Å². The van der Waals surface area contributed by atoms with Crippen molar-refractivity contribution in [3.8, 4) is 0 Å². The standard InChI is InChI=1S/C11H21N3O/c15-11-9-14(7-2-6-13-11)8-4-10-3-1-5-12-10/h10,12H,1-9H2,(H,13,15). The number of rotatable bonds is 3. The molecule has 86 valence electrons. The van der Waals surface area contributed by atoms with Crippen molar-refractivity contribution in [2.24, 2.45) is 0 Å². The normalized spacial score (nSPS) is 28.8. The van der Waals surface area contributed by atoms with E-state index in [4.69, 9.17) is 0 Å². The molecule has 0 saturated carbocycles. The van der Waals surface area contributed by atoms with Crippen LogP contribution in [0.5, 0.6) is 0 Å². The van der Waals surface area contributed by atoms with E-state index in [1.165, 1.54) is 25.8 Å². The molecule has 2 rings (SSSR count). The van der Waals surface area contributed by atoms with Gasteiger partial charge in [0.05, 0.1) is 6.54 Å². The highest BCUT2D eigenvalue weighted by Crippen LogP contribution is 2.09. The van der Waals surface area contributed by atoms with Crippen molar-refractivity contribution in [2.75, 3.05) is 32.7 Å². The predicted molar refractivity (Wildman–Crippen MR) is 59.7 cm³/mol. The first kappa shape index (κ1) is 10.9. The van der Waals surface area contributed by atoms with E-state index in [0.717, 1.165) is 26.1 Å². The van der Waals surface area contributed by atoms with Gasteiger partial charge in [0.2, 0.25) is 5.91 Å². The van der Waals surface area contributed by atoms with Crippen LogP contribution in [0.4, 0.5) is 0 Å². The Morgan fingerprint density at radius 2 is 2.27 bits per heavy atom. The van der Waals surface area contributed by atoms with E-state index in [1.807, 2.05) is 0 Å². The minimum absolute atomic E-state index is 0.187. The first-order chi connectivity index (χ1) is 7.34. The molecule has 0 spiro atoms. The molecule has 15 heavy (non-hydrogen) atoms. The highest BCUT2D eigenvalue weighted by atomic mass is 16.2. The lowest BCUT2D eigenvalue weighted by atomic mass is 10.1. The molecule has 0 aromatic carbocycles. The zero-order valence-electron chi connectivity index (χ0n) is 9.30. The van der Waals surface area contributed by atoms with Crippen LogP contribution in [-0.2, 0) is 4.79 Å². The van der Waals surface area contributed by atoms with Gasteiger partial charge in [0.15, 0.2) is 0 Å². The average Bonchev–Trinajstić information content (AvgIpc) is 2.65. The van der Waals surface area contributed by atoms with E-state index in [0.29, 0.717) is 12.6 Å². The summed E-state index contributed by atoms with van der Waals surface area (Å²) in [5, 5.41) is 6.40. The van der Waals surface area contributed by atoms with E-state index in [2.05, 4.69) is 15.5 Å². The molecule has 2 N–H and O–H groups in total. The number of carbonyl (C=O) groups is 1. The third-order valence-electron chi connectivity index (χ3n) is 3.30. The molecule has 0 aromatic heterocycles. The molecule has 1 atom stereocenters. The maximum atomic E-state index is 11.3. The maximum absolute atomic E-state index is 11.3. The summed E-state index contributed by atoms with van der Waals surface area (Å²) in [4.78, 5) is 13.6. The van der Waals surface area contributed by atoms with Crippen molar-refractivity contribution in [2.45, 2.75) is 31.7 Å². The Hall–Kier alpha value is -0.610. The third kappa shape index (κ3) is 3.47. The Morgan fingerprint density at radius 3 is 3.07 bits per heavy atom. The van der Waals surface area contributed by atoms with Gasteiger partial charge < -0.3 is 10.6 Å². The van der Waals surface area contributed by atoms with Crippen LogP contribution in [-0.4, -0.2) is 49.6 Å². The monoisotopic (exact) mass is 211 g/mol. The van der Waals surface area contributed by atoms with Crippen LogP contribution in [0.1, 0.15) is 25.7 Å². The fourth-order valence-electron chi connectivity index (χ4n) is 2.40. The van der Waals surface area contributed by atoms with Gasteiger partial charge in [-0.25, -0.2) is 0 Å². The topological polar surface area (TPSA) is 44.4 Å². The van der Waals surface area contributed by atoms with Gasteiger partial charge >= 0.3 is 0 Å². The Labute approximate surface area is 91.4 Å². The summed E-state index contributed by atoms with van der Waals surface area (Å²) in [6, 6.07) is 0.691. The summed E-state index contributed by atoms with van der Waals surface area (Å²) in [5.41, 5.74) is 0. The lowest BCUT2D eigenvalue weighted by molar-refractivity contribution is -0.121. The van der Waals surface area contributed by atoms with E-state index in [1.54, 1.807) is 0 Å². The highest BCUT2D eigenvalue weighted by Gasteiger charge is 2.18. The summed E-state index contributed by atoms with van der Waals surface area (Å²) in [5.74, 6) is 0.187. The molecule has 2 aliphatic heterocycles. The van der Waals surface area contributed by atoms with E-state index in [-0.39, 0.29) is 5.91 Å². The molecule has 0 aliphatic carbocycles. The fourth-order valence-corrected chi connectivity index (χ4v) is 2.40. The molecule has 1 unspecified atom stereocenters. The van der Waals surface area contributed by atoms with Crippen LogP contribution >= 0.6 is 0 Å². The molecule has 2 fully saturated rings. The summed E-state index contributed by atoms with van der Waals surface area (Å²) in [7, 11) is 0. The summed E-state index contributed by atoms with van der Waals surface area (Å²) in [6.45, 7) is 4.73. The molecular formula is C11H21N3O. The number of nitrogens with one attached hydrogen (secondary N) is 2. The molecule has 4 heteroatoms. The van der Waals surface area contributed by atoms with Gasteiger partial charge in [-0.2, -0.15) is 0 Å². The van der Waals surface area contributed by atoms with Crippen molar-refractivity contribution >= 4 is 5.91 Å². The number of carbonyl (C=O) groups excluding carboxylic acids is 1. The highest BCUT2D eigenvalue weighted by molar-refractivity contribution is 5.78. The zero-order valence-corrected chi connectivity index (χ0v) is 9.30. The van der Waals surface area contributed by atoms with Gasteiger partial charge in [-0.3, -0.25) is 9.69 Å². The SMILES string of the molecule is O=C1CN(CCC2CCCN2)CCCN1. The van der Waals surface area contributed by atoms with Gasteiger partial charge in [-0.1, -0.05) is 0 Å². The second-order valence-corrected chi connectivity index (χ2v) is 4.56. The Kier molecular flexibility index (Phi) is 3.97. The first-order valence-corrected chi connectivity index (χ1v) is 6.07. The quantitative estimate of drug-likeness (QED) is 0.688. The summed E-state index contributed by atoms with van der Waals surface area (Å²) in [6.07, 6.45) is 4.89. The Morgan fingerprint density at radius 1 is 1.33 bits per heavy atom. The largest absolute Gasteiger partial charge is 0.355 e. The van der Waals surface area contributed by atoms with Crippen molar-refractivity contribution in [1.29, 1.82) is 0 Å². The van der Waals surface area contributed by atoms with Crippen LogP contribution in [0.15, 0.2) is 0 Å². The van der Waals surface area contributed by atoms with Crippen LogP contribution in [0, 0.1) is 0 Å². The van der Waals surface area contributed by atoms with E-state index >= 15 is 0 Å². The third-order valence-corrected chi connectivity index (χ3v) is 3.30. The first-order valence-electron chi connectivity index (χ1n) is 6.07. The Balaban J connectivity index is 1.70. The molecular weight excluding hydrogens is 190 g/mol. The van der Waals surface area contributed by atoms with Gasteiger partial charge in [-0.15, -0.1) is 0 Å². The van der Waals surface area contributed by atoms with Gasteiger partial charge in [0.25, 0.3) is 0 Å². The summed E-state index contributed by atoms with van der Waals surface area (Å²) < 4.78 is 0.